The predicted molar refractivity (Wildman–Crippen MR) is 125 cm³/mol. The molecule has 0 bridgehead atoms. The number of carbonyl (C=O) groups excluding carboxylic acids is 1. The van der Waals surface area contributed by atoms with Gasteiger partial charge in [-0.1, -0.05) is 6.07 Å². The number of aromatic amines is 1. The first-order valence-corrected chi connectivity index (χ1v) is 10.5. The van der Waals surface area contributed by atoms with Gasteiger partial charge in [-0.25, -0.2) is 19.3 Å². The first-order valence-electron chi connectivity index (χ1n) is 10.5. The molecule has 1 amide bonds. The van der Waals surface area contributed by atoms with E-state index >= 15 is 0 Å². The monoisotopic (exact) mass is 452 g/mol. The highest BCUT2D eigenvalue weighted by Gasteiger charge is 2.16. The molecule has 5 rings (SSSR count). The third-order valence-corrected chi connectivity index (χ3v) is 5.26. The molecule has 0 saturated carbocycles. The van der Waals surface area contributed by atoms with E-state index in [2.05, 4.69) is 35.2 Å². The summed E-state index contributed by atoms with van der Waals surface area (Å²) in [6.07, 6.45) is 7.92. The minimum atomic E-state index is -0.384. The third kappa shape index (κ3) is 4.16. The van der Waals surface area contributed by atoms with Gasteiger partial charge in [0.15, 0.2) is 5.65 Å². The fourth-order valence-electron chi connectivity index (χ4n) is 3.54. The normalized spacial score (nSPS) is 11.0. The number of benzene rings is 1. The molecule has 168 valence electrons. The second-order valence-corrected chi connectivity index (χ2v) is 7.85. The average molecular weight is 452 g/mol. The van der Waals surface area contributed by atoms with E-state index in [0.717, 1.165) is 11.3 Å². The van der Waals surface area contributed by atoms with Crippen molar-refractivity contribution >= 4 is 17.1 Å². The van der Waals surface area contributed by atoms with Crippen molar-refractivity contribution in [2.45, 2.75) is 20.4 Å². The Hall–Kier alpha value is -4.73. The van der Waals surface area contributed by atoms with E-state index in [0.29, 0.717) is 39.4 Å². The van der Waals surface area contributed by atoms with Gasteiger partial charge in [0.05, 0.1) is 41.7 Å². The van der Waals surface area contributed by atoms with Crippen LogP contribution < -0.4 is 11.0 Å². The van der Waals surface area contributed by atoms with Gasteiger partial charge in [-0.2, -0.15) is 0 Å². The molecule has 10 heteroatoms. The number of hydrogen-bond donors (Lipinski definition) is 2. The molecule has 10 nitrogen and oxygen atoms in total. The molecule has 1 aromatic carbocycles. The number of pyridine rings is 1. The maximum atomic E-state index is 13.1. The number of hydrogen-bond acceptors (Lipinski definition) is 7. The molecule has 0 unspecified atom stereocenters. The van der Waals surface area contributed by atoms with Crippen LogP contribution in [0.3, 0.4) is 0 Å². The second kappa shape index (κ2) is 8.66. The summed E-state index contributed by atoms with van der Waals surface area (Å²) in [6, 6.07) is 9.00. The Morgan fingerprint density at radius 3 is 2.65 bits per heavy atom. The molecule has 0 fully saturated rings. The standard InChI is InChI=1S/C24H20N8O2/c1-14-3-4-20(28-8-14)16-5-17(23(33)29-11-18-10-26-15(2)9-27-18)7-19(6-16)32-22-21(31-24(32)34)12-25-13-30-22/h3-10,12-13H,11H2,1-2H3,(H,29,33)(H,31,34). The summed E-state index contributed by atoms with van der Waals surface area (Å²) in [5.74, 6) is -0.319. The van der Waals surface area contributed by atoms with Crippen LogP contribution in [-0.4, -0.2) is 40.4 Å². The Morgan fingerprint density at radius 1 is 1.00 bits per heavy atom. The van der Waals surface area contributed by atoms with Crippen molar-refractivity contribution in [1.29, 1.82) is 0 Å². The smallest absolute Gasteiger partial charge is 0.332 e. The number of H-pyrrole nitrogens is 1. The highest BCUT2D eigenvalue weighted by Crippen LogP contribution is 2.24. The first kappa shape index (κ1) is 21.1. The third-order valence-electron chi connectivity index (χ3n) is 5.26. The fraction of sp³-hybridized carbons (Fsp3) is 0.125. The van der Waals surface area contributed by atoms with Gasteiger partial charge < -0.3 is 10.3 Å². The maximum absolute atomic E-state index is 13.1. The number of rotatable bonds is 5. The van der Waals surface area contributed by atoms with E-state index in [1.165, 1.54) is 17.1 Å². The molecule has 0 aliphatic carbocycles. The molecule has 2 N–H and O–H groups in total. The largest absolute Gasteiger partial charge is 0.346 e. The van der Waals surface area contributed by atoms with E-state index in [1.807, 2.05) is 26.0 Å². The van der Waals surface area contributed by atoms with Gasteiger partial charge in [-0.3, -0.25) is 19.7 Å². The summed E-state index contributed by atoms with van der Waals surface area (Å²) in [7, 11) is 0. The Kier molecular flexibility index (Phi) is 5.38. The Morgan fingerprint density at radius 2 is 1.88 bits per heavy atom. The van der Waals surface area contributed by atoms with Crippen LogP contribution in [0.25, 0.3) is 28.1 Å². The summed E-state index contributed by atoms with van der Waals surface area (Å²) in [4.78, 5) is 49.8. The number of aryl methyl sites for hydroxylation is 2. The second-order valence-electron chi connectivity index (χ2n) is 7.85. The van der Waals surface area contributed by atoms with Gasteiger partial charge in [-0.15, -0.1) is 0 Å². The van der Waals surface area contributed by atoms with E-state index in [1.54, 1.807) is 36.8 Å². The molecule has 4 heterocycles. The van der Waals surface area contributed by atoms with Crippen LogP contribution in [0.15, 0.2) is 66.2 Å². The first-order chi connectivity index (χ1) is 16.5. The summed E-state index contributed by atoms with van der Waals surface area (Å²) in [6.45, 7) is 4.01. The van der Waals surface area contributed by atoms with Crippen molar-refractivity contribution in [3.05, 3.63) is 94.4 Å². The van der Waals surface area contributed by atoms with E-state index < -0.39 is 0 Å². The van der Waals surface area contributed by atoms with Crippen molar-refractivity contribution in [2.24, 2.45) is 0 Å². The van der Waals surface area contributed by atoms with E-state index in [4.69, 9.17) is 0 Å². The van der Waals surface area contributed by atoms with Crippen LogP contribution in [0.1, 0.15) is 27.3 Å². The number of nitrogens with zero attached hydrogens (tertiary/aromatic N) is 6. The van der Waals surface area contributed by atoms with Gasteiger partial charge in [0.1, 0.15) is 11.8 Å². The van der Waals surface area contributed by atoms with Gasteiger partial charge >= 0.3 is 5.69 Å². The SMILES string of the molecule is Cc1ccc(-c2cc(C(=O)NCc3cnc(C)cn3)cc(-n3c(=O)[nH]c4cncnc43)c2)nc1. The van der Waals surface area contributed by atoms with Crippen molar-refractivity contribution in [3.8, 4) is 16.9 Å². The zero-order valence-corrected chi connectivity index (χ0v) is 18.5. The molecule has 0 spiro atoms. The Labute approximate surface area is 193 Å². The number of nitrogens with one attached hydrogen (secondary N) is 2. The molecular weight excluding hydrogens is 432 g/mol. The minimum Gasteiger partial charge on any atom is -0.346 e. The molecule has 0 aliphatic rings. The Bertz CT molecular complexity index is 1550. The highest BCUT2D eigenvalue weighted by atomic mass is 16.2. The van der Waals surface area contributed by atoms with Crippen LogP contribution in [0.4, 0.5) is 0 Å². The topological polar surface area (TPSA) is 131 Å². The van der Waals surface area contributed by atoms with Crippen molar-refractivity contribution < 1.29 is 4.79 Å². The lowest BCUT2D eigenvalue weighted by Crippen LogP contribution is -2.24. The molecule has 5 aromatic rings. The number of carbonyl (C=O) groups is 1. The van der Waals surface area contributed by atoms with Crippen molar-refractivity contribution in [1.82, 2.24) is 39.8 Å². The van der Waals surface area contributed by atoms with E-state index in [-0.39, 0.29) is 18.1 Å². The van der Waals surface area contributed by atoms with Crippen molar-refractivity contribution in [2.75, 3.05) is 0 Å². The fourth-order valence-corrected chi connectivity index (χ4v) is 3.54. The molecular formula is C24H20N8O2. The number of aromatic nitrogens is 7. The van der Waals surface area contributed by atoms with Crippen LogP contribution >= 0.6 is 0 Å². The quantitative estimate of drug-likeness (QED) is 0.419. The molecule has 4 aromatic heterocycles. The molecule has 0 radical (unpaired) electrons. The van der Waals surface area contributed by atoms with Crippen molar-refractivity contribution in [3.63, 3.8) is 0 Å². The summed E-state index contributed by atoms with van der Waals surface area (Å²) in [5, 5.41) is 2.86. The number of fused-ring (bicyclic) bond motifs is 1. The molecule has 0 aliphatic heterocycles. The zero-order chi connectivity index (χ0) is 23.7. The lowest BCUT2D eigenvalue weighted by atomic mass is 10.0. The van der Waals surface area contributed by atoms with Gasteiger partial charge in [0.25, 0.3) is 5.91 Å². The lowest BCUT2D eigenvalue weighted by molar-refractivity contribution is 0.0950. The van der Waals surface area contributed by atoms with E-state index in [9.17, 15) is 9.59 Å². The van der Waals surface area contributed by atoms with Crippen LogP contribution in [0, 0.1) is 13.8 Å². The summed E-state index contributed by atoms with van der Waals surface area (Å²) < 4.78 is 1.41. The molecule has 34 heavy (non-hydrogen) atoms. The van der Waals surface area contributed by atoms with Crippen LogP contribution in [-0.2, 0) is 6.54 Å². The summed E-state index contributed by atoms with van der Waals surface area (Å²) in [5.41, 5.74) is 5.19. The minimum absolute atomic E-state index is 0.217. The molecule has 0 atom stereocenters. The number of amides is 1. The predicted octanol–water partition coefficient (Wildman–Crippen LogP) is 2.51. The zero-order valence-electron chi connectivity index (χ0n) is 18.5. The lowest BCUT2D eigenvalue weighted by Gasteiger charge is -2.11. The van der Waals surface area contributed by atoms with Gasteiger partial charge in [0.2, 0.25) is 0 Å². The van der Waals surface area contributed by atoms with Crippen LogP contribution in [0.5, 0.6) is 0 Å². The van der Waals surface area contributed by atoms with Gasteiger partial charge in [0, 0.05) is 23.5 Å². The maximum Gasteiger partial charge on any atom is 0.332 e. The average Bonchev–Trinajstić information content (AvgIpc) is 3.19. The molecule has 0 saturated heterocycles. The van der Waals surface area contributed by atoms with Gasteiger partial charge in [-0.05, 0) is 43.7 Å². The highest BCUT2D eigenvalue weighted by molar-refractivity contribution is 5.96. The Balaban J connectivity index is 1.58. The van der Waals surface area contributed by atoms with Crippen LogP contribution in [0.2, 0.25) is 0 Å². The number of imidazole rings is 1. The summed E-state index contributed by atoms with van der Waals surface area (Å²) >= 11 is 0.